The van der Waals surface area contributed by atoms with Crippen LogP contribution >= 0.6 is 0 Å². The molecule has 2 aliphatic heterocycles. The fourth-order valence-electron chi connectivity index (χ4n) is 5.74. The highest BCUT2D eigenvalue weighted by Gasteiger charge is 2.35. The van der Waals surface area contributed by atoms with Crippen molar-refractivity contribution in [2.45, 2.75) is 52.7 Å². The normalized spacial score (nSPS) is 17.7. The summed E-state index contributed by atoms with van der Waals surface area (Å²) in [5.74, 6) is 6.70. The van der Waals surface area contributed by atoms with Gasteiger partial charge >= 0.3 is 5.69 Å². The van der Waals surface area contributed by atoms with Crippen LogP contribution in [-0.4, -0.2) is 79.9 Å². The maximum Gasteiger partial charge on any atom is 0.331 e. The number of hydrogen-bond acceptors (Lipinski definition) is 8. The first kappa shape index (κ1) is 27.6. The number of aryl methyl sites for hydroxylation is 3. The van der Waals surface area contributed by atoms with Crippen LogP contribution in [0.4, 0.5) is 5.82 Å². The minimum Gasteiger partial charge on any atom is -0.378 e. The minimum atomic E-state index is -0.545. The Kier molecular flexibility index (Phi) is 7.78. The second kappa shape index (κ2) is 11.3. The zero-order chi connectivity index (χ0) is 28.6. The van der Waals surface area contributed by atoms with Crippen LogP contribution in [0.2, 0.25) is 0 Å². The number of amides is 1. The topological polar surface area (TPSA) is 134 Å². The first-order valence-corrected chi connectivity index (χ1v) is 13.7. The third kappa shape index (κ3) is 5.02. The van der Waals surface area contributed by atoms with Gasteiger partial charge in [-0.05, 0) is 39.7 Å². The van der Waals surface area contributed by atoms with Crippen molar-refractivity contribution in [2.24, 2.45) is 12.8 Å². The average molecular weight is 549 g/mol. The molecule has 5 rings (SSSR count). The third-order valence-corrected chi connectivity index (χ3v) is 7.52. The number of morpholine rings is 1. The molecule has 0 bridgehead atoms. The van der Waals surface area contributed by atoms with Crippen molar-refractivity contribution in [1.82, 2.24) is 28.6 Å². The van der Waals surface area contributed by atoms with Gasteiger partial charge in [-0.1, -0.05) is 5.92 Å². The van der Waals surface area contributed by atoms with Crippen molar-refractivity contribution < 1.29 is 9.53 Å². The highest BCUT2D eigenvalue weighted by atomic mass is 16.5. The van der Waals surface area contributed by atoms with E-state index in [1.165, 1.54) is 4.57 Å². The fraction of sp³-hybridized carbons (Fsp3) is 0.536. The van der Waals surface area contributed by atoms with Crippen molar-refractivity contribution in [3.8, 4) is 11.8 Å². The van der Waals surface area contributed by atoms with Gasteiger partial charge in [0.05, 0.1) is 31.8 Å². The van der Waals surface area contributed by atoms with Crippen LogP contribution in [0.5, 0.6) is 0 Å². The third-order valence-electron chi connectivity index (χ3n) is 7.52. The van der Waals surface area contributed by atoms with E-state index in [1.807, 2.05) is 19.9 Å². The van der Waals surface area contributed by atoms with E-state index in [4.69, 9.17) is 10.5 Å². The van der Waals surface area contributed by atoms with Gasteiger partial charge in [0.1, 0.15) is 22.7 Å². The molecule has 3 aromatic heterocycles. The van der Waals surface area contributed by atoms with Gasteiger partial charge in [-0.2, -0.15) is 0 Å². The summed E-state index contributed by atoms with van der Waals surface area (Å²) < 4.78 is 9.81. The van der Waals surface area contributed by atoms with Gasteiger partial charge < -0.3 is 24.8 Å². The van der Waals surface area contributed by atoms with Crippen LogP contribution in [0, 0.1) is 25.7 Å². The van der Waals surface area contributed by atoms with Gasteiger partial charge in [0, 0.05) is 50.7 Å². The van der Waals surface area contributed by atoms with Crippen LogP contribution in [0.3, 0.4) is 0 Å². The average Bonchev–Trinajstić information content (AvgIpc) is 3.27. The molecule has 2 N–H and O–H groups in total. The van der Waals surface area contributed by atoms with Crippen molar-refractivity contribution in [3.63, 3.8) is 0 Å². The Hall–Kier alpha value is -3.95. The number of anilines is 1. The lowest BCUT2D eigenvalue weighted by molar-refractivity contribution is 0.0304. The molecule has 2 saturated heterocycles. The zero-order valence-electron chi connectivity index (χ0n) is 23.6. The van der Waals surface area contributed by atoms with E-state index < -0.39 is 11.2 Å². The van der Waals surface area contributed by atoms with Crippen LogP contribution in [-0.2, 0) is 24.9 Å². The monoisotopic (exact) mass is 548 g/mol. The van der Waals surface area contributed by atoms with E-state index in [-0.39, 0.29) is 30.6 Å². The molecule has 3 aromatic rings. The van der Waals surface area contributed by atoms with E-state index in [0.717, 1.165) is 28.8 Å². The summed E-state index contributed by atoms with van der Waals surface area (Å²) in [7, 11) is 1.60. The molecule has 12 nitrogen and oxygen atoms in total. The summed E-state index contributed by atoms with van der Waals surface area (Å²) in [6.07, 6.45) is 1.72. The number of aromatic nitrogens is 5. The number of rotatable bonds is 5. The zero-order valence-corrected chi connectivity index (χ0v) is 23.6. The van der Waals surface area contributed by atoms with E-state index in [2.05, 4.69) is 26.7 Å². The Morgan fingerprint density at radius 3 is 2.45 bits per heavy atom. The number of nitrogens with zero attached hydrogens (tertiary/aromatic N) is 7. The Morgan fingerprint density at radius 1 is 1.10 bits per heavy atom. The van der Waals surface area contributed by atoms with Crippen LogP contribution in [0.25, 0.3) is 11.0 Å². The van der Waals surface area contributed by atoms with Crippen molar-refractivity contribution in [3.05, 3.63) is 49.7 Å². The summed E-state index contributed by atoms with van der Waals surface area (Å²) in [5, 5.41) is 0. The predicted octanol–water partition coefficient (Wildman–Crippen LogP) is 0.380. The second-order valence-corrected chi connectivity index (χ2v) is 10.5. The van der Waals surface area contributed by atoms with Crippen molar-refractivity contribution >= 4 is 22.8 Å². The molecular formula is C28H36N8O4. The fourth-order valence-corrected chi connectivity index (χ4v) is 5.74. The minimum absolute atomic E-state index is 0.0778. The summed E-state index contributed by atoms with van der Waals surface area (Å²) in [6.45, 7) is 8.41. The molecule has 12 heteroatoms. The first-order valence-electron chi connectivity index (χ1n) is 13.7. The molecule has 40 heavy (non-hydrogen) atoms. The lowest BCUT2D eigenvalue weighted by Gasteiger charge is -2.34. The molecule has 5 heterocycles. The summed E-state index contributed by atoms with van der Waals surface area (Å²) in [6, 6.07) is 1.76. The van der Waals surface area contributed by atoms with Crippen molar-refractivity contribution in [1.29, 1.82) is 0 Å². The lowest BCUT2D eigenvalue weighted by atomic mass is 10.1. The Bertz CT molecular complexity index is 1610. The van der Waals surface area contributed by atoms with Crippen LogP contribution < -0.4 is 21.9 Å². The number of nitrogens with two attached hydrogens (primary N) is 1. The highest BCUT2D eigenvalue weighted by Crippen LogP contribution is 2.34. The Morgan fingerprint density at radius 2 is 1.80 bits per heavy atom. The molecule has 0 radical (unpaired) electrons. The van der Waals surface area contributed by atoms with Gasteiger partial charge in [-0.25, -0.2) is 14.8 Å². The van der Waals surface area contributed by atoms with E-state index in [0.29, 0.717) is 62.1 Å². The maximum atomic E-state index is 14.2. The summed E-state index contributed by atoms with van der Waals surface area (Å²) >= 11 is 0. The molecule has 2 aliphatic rings. The molecule has 0 aromatic carbocycles. The SMILES string of the molecule is CC#CCn1c(N2CCC[C@@H](N)C2)c(C(=O)N2CCOCC2)c2c1c(=O)n(Cc1nc(C)cc(C)n1)c(=O)n2C. The molecule has 0 unspecified atom stereocenters. The summed E-state index contributed by atoms with van der Waals surface area (Å²) in [4.78, 5) is 54.8. The van der Waals surface area contributed by atoms with Gasteiger partial charge in [-0.3, -0.25) is 18.7 Å². The van der Waals surface area contributed by atoms with Gasteiger partial charge in [0.2, 0.25) is 0 Å². The Labute approximate surface area is 232 Å². The lowest BCUT2D eigenvalue weighted by Crippen LogP contribution is -2.45. The number of ether oxygens (including phenoxy) is 1. The number of hydrogen-bond donors (Lipinski definition) is 1. The van der Waals surface area contributed by atoms with E-state index in [1.54, 1.807) is 23.4 Å². The molecule has 0 spiro atoms. The number of carbonyl (C=O) groups excluding carboxylic acids is 1. The second-order valence-electron chi connectivity index (χ2n) is 10.5. The molecule has 212 valence electrons. The quantitative estimate of drug-likeness (QED) is 0.453. The molecule has 0 aliphatic carbocycles. The van der Waals surface area contributed by atoms with Gasteiger partial charge in [-0.15, -0.1) is 5.92 Å². The van der Waals surface area contributed by atoms with Crippen LogP contribution in [0.1, 0.15) is 47.3 Å². The molecule has 1 amide bonds. The smallest absolute Gasteiger partial charge is 0.331 e. The highest BCUT2D eigenvalue weighted by molar-refractivity contribution is 6.11. The molecule has 0 saturated carbocycles. The number of piperidine rings is 1. The Balaban J connectivity index is 1.82. The maximum absolute atomic E-state index is 14.2. The van der Waals surface area contributed by atoms with Gasteiger partial charge in [0.15, 0.2) is 0 Å². The standard InChI is InChI=1S/C28H36N8O4/c1-5-6-10-35-24-23(32(4)28(39)36(27(24)38)17-21-30-18(2)15-19(3)31-21)22(26(37)33-11-13-40-14-12-33)25(35)34-9-7-8-20(29)16-34/h15,20H,7-14,16-17,29H2,1-4H3/t20-/m1/s1. The predicted molar refractivity (Wildman–Crippen MR) is 152 cm³/mol. The first-order chi connectivity index (χ1) is 19.2. The van der Waals surface area contributed by atoms with Gasteiger partial charge in [0.25, 0.3) is 11.5 Å². The molecule has 2 fully saturated rings. The van der Waals surface area contributed by atoms with Crippen LogP contribution in [0.15, 0.2) is 15.7 Å². The van der Waals surface area contributed by atoms with E-state index >= 15 is 0 Å². The molecule has 1 atom stereocenters. The largest absolute Gasteiger partial charge is 0.378 e. The number of carbonyl (C=O) groups is 1. The van der Waals surface area contributed by atoms with Crippen molar-refractivity contribution in [2.75, 3.05) is 44.3 Å². The molecular weight excluding hydrogens is 512 g/mol. The van der Waals surface area contributed by atoms with E-state index in [9.17, 15) is 14.4 Å². The number of fused-ring (bicyclic) bond motifs is 1. The summed E-state index contributed by atoms with van der Waals surface area (Å²) in [5.41, 5.74) is 7.69.